The second kappa shape index (κ2) is 5.25. The van der Waals surface area contributed by atoms with Gasteiger partial charge in [0, 0.05) is 42.4 Å². The van der Waals surface area contributed by atoms with Gasteiger partial charge in [-0.25, -0.2) is 4.39 Å². The van der Waals surface area contributed by atoms with E-state index in [9.17, 15) is 4.39 Å². The second-order valence-corrected chi connectivity index (χ2v) is 5.17. The van der Waals surface area contributed by atoms with Crippen LogP contribution in [-0.4, -0.2) is 9.78 Å². The van der Waals surface area contributed by atoms with Crippen molar-refractivity contribution in [3.05, 3.63) is 47.5 Å². The molecule has 3 rings (SSSR count). The molecule has 2 atom stereocenters. The third-order valence-electron chi connectivity index (χ3n) is 3.59. The van der Waals surface area contributed by atoms with Crippen molar-refractivity contribution in [2.75, 3.05) is 0 Å². The SMILES string of the molecule is CCCn1cc(C2CC(N)c3ccc(F)cc3O2)cn1. The standard InChI is InChI=1S/C15H18FN3O/c1-2-5-19-9-10(8-18-19)14-7-13(17)12-4-3-11(16)6-15(12)20-14/h3-4,6,8-9,13-14H,2,5,7,17H2,1H3. The smallest absolute Gasteiger partial charge is 0.129 e. The Morgan fingerprint density at radius 1 is 1.50 bits per heavy atom. The summed E-state index contributed by atoms with van der Waals surface area (Å²) in [5.41, 5.74) is 8.01. The van der Waals surface area contributed by atoms with Gasteiger partial charge in [-0.3, -0.25) is 4.68 Å². The summed E-state index contributed by atoms with van der Waals surface area (Å²) in [7, 11) is 0. The van der Waals surface area contributed by atoms with E-state index in [1.165, 1.54) is 12.1 Å². The van der Waals surface area contributed by atoms with E-state index in [4.69, 9.17) is 10.5 Å². The molecule has 1 aromatic carbocycles. The van der Waals surface area contributed by atoms with E-state index in [0.29, 0.717) is 12.2 Å². The molecule has 0 amide bonds. The Morgan fingerprint density at radius 3 is 3.15 bits per heavy atom. The lowest BCUT2D eigenvalue weighted by Crippen LogP contribution is -2.24. The molecule has 0 radical (unpaired) electrons. The first-order chi connectivity index (χ1) is 9.67. The third-order valence-corrected chi connectivity index (χ3v) is 3.59. The van der Waals surface area contributed by atoms with Gasteiger partial charge >= 0.3 is 0 Å². The number of nitrogens with two attached hydrogens (primary N) is 1. The van der Waals surface area contributed by atoms with Gasteiger partial charge in [0.1, 0.15) is 17.7 Å². The molecule has 0 spiro atoms. The van der Waals surface area contributed by atoms with Crippen LogP contribution in [0, 0.1) is 5.82 Å². The number of ether oxygens (including phenoxy) is 1. The number of fused-ring (bicyclic) bond motifs is 1. The molecule has 1 aromatic heterocycles. The average molecular weight is 275 g/mol. The number of hydrogen-bond acceptors (Lipinski definition) is 3. The summed E-state index contributed by atoms with van der Waals surface area (Å²) in [5, 5.41) is 4.30. The predicted octanol–water partition coefficient (Wildman–Crippen LogP) is 2.96. The zero-order valence-corrected chi connectivity index (χ0v) is 11.4. The van der Waals surface area contributed by atoms with Crippen LogP contribution in [-0.2, 0) is 6.54 Å². The minimum atomic E-state index is -0.307. The number of halogens is 1. The Bertz CT molecular complexity index is 611. The average Bonchev–Trinajstić information content (AvgIpc) is 2.87. The molecule has 1 aliphatic rings. The second-order valence-electron chi connectivity index (χ2n) is 5.17. The van der Waals surface area contributed by atoms with Crippen molar-refractivity contribution in [2.24, 2.45) is 5.73 Å². The van der Waals surface area contributed by atoms with E-state index < -0.39 is 0 Å². The highest BCUT2D eigenvalue weighted by Gasteiger charge is 2.28. The van der Waals surface area contributed by atoms with Crippen molar-refractivity contribution in [1.82, 2.24) is 9.78 Å². The Morgan fingerprint density at radius 2 is 2.35 bits per heavy atom. The molecule has 2 N–H and O–H groups in total. The number of benzene rings is 1. The largest absolute Gasteiger partial charge is 0.485 e. The molecule has 2 aromatic rings. The van der Waals surface area contributed by atoms with Gasteiger partial charge in [0.05, 0.1) is 6.20 Å². The third kappa shape index (κ3) is 2.41. The van der Waals surface area contributed by atoms with Gasteiger partial charge in [-0.05, 0) is 12.5 Å². The molecule has 0 saturated heterocycles. The van der Waals surface area contributed by atoms with E-state index in [1.54, 1.807) is 12.3 Å². The van der Waals surface area contributed by atoms with Crippen LogP contribution in [0.1, 0.15) is 43.0 Å². The summed E-state index contributed by atoms with van der Waals surface area (Å²) in [5.74, 6) is 0.232. The summed E-state index contributed by atoms with van der Waals surface area (Å²) >= 11 is 0. The number of aromatic nitrogens is 2. The van der Waals surface area contributed by atoms with Crippen LogP contribution in [0.3, 0.4) is 0 Å². The van der Waals surface area contributed by atoms with Crippen LogP contribution in [0.2, 0.25) is 0 Å². The molecular weight excluding hydrogens is 257 g/mol. The molecule has 2 unspecified atom stereocenters. The van der Waals surface area contributed by atoms with Crippen molar-refractivity contribution in [1.29, 1.82) is 0 Å². The summed E-state index contributed by atoms with van der Waals surface area (Å²) in [4.78, 5) is 0. The monoisotopic (exact) mass is 275 g/mol. The highest BCUT2D eigenvalue weighted by Crippen LogP contribution is 2.39. The van der Waals surface area contributed by atoms with Gasteiger partial charge in [0.15, 0.2) is 0 Å². The molecule has 0 fully saturated rings. The van der Waals surface area contributed by atoms with Gasteiger partial charge < -0.3 is 10.5 Å². The molecule has 1 aliphatic heterocycles. The number of rotatable bonds is 3. The zero-order valence-electron chi connectivity index (χ0n) is 11.4. The van der Waals surface area contributed by atoms with E-state index in [0.717, 1.165) is 24.1 Å². The van der Waals surface area contributed by atoms with Gasteiger partial charge in [0.25, 0.3) is 0 Å². The van der Waals surface area contributed by atoms with Crippen LogP contribution < -0.4 is 10.5 Å². The summed E-state index contributed by atoms with van der Waals surface area (Å²) < 4.78 is 21.1. The molecule has 4 nitrogen and oxygen atoms in total. The fourth-order valence-corrected chi connectivity index (χ4v) is 2.58. The molecule has 106 valence electrons. The molecule has 0 bridgehead atoms. The number of nitrogens with zero attached hydrogens (tertiary/aromatic N) is 2. The first-order valence-corrected chi connectivity index (χ1v) is 6.91. The van der Waals surface area contributed by atoms with Crippen molar-refractivity contribution in [3.63, 3.8) is 0 Å². The maximum Gasteiger partial charge on any atom is 0.129 e. The van der Waals surface area contributed by atoms with Crippen LogP contribution in [0.5, 0.6) is 5.75 Å². The van der Waals surface area contributed by atoms with Crippen molar-refractivity contribution in [3.8, 4) is 5.75 Å². The highest BCUT2D eigenvalue weighted by atomic mass is 19.1. The highest BCUT2D eigenvalue weighted by molar-refractivity contribution is 5.39. The maximum absolute atomic E-state index is 13.3. The first kappa shape index (κ1) is 13.1. The van der Waals surface area contributed by atoms with Gasteiger partial charge in [-0.15, -0.1) is 0 Å². The zero-order chi connectivity index (χ0) is 14.1. The minimum Gasteiger partial charge on any atom is -0.485 e. The summed E-state index contributed by atoms with van der Waals surface area (Å²) in [6.07, 6.45) is 5.32. The summed E-state index contributed by atoms with van der Waals surface area (Å²) in [6.45, 7) is 2.98. The fourth-order valence-electron chi connectivity index (χ4n) is 2.58. The molecule has 5 heteroatoms. The molecule has 0 aliphatic carbocycles. The quantitative estimate of drug-likeness (QED) is 0.937. The van der Waals surface area contributed by atoms with Gasteiger partial charge in [0.2, 0.25) is 0 Å². The van der Waals surface area contributed by atoms with E-state index in [-0.39, 0.29) is 18.0 Å². The molecule has 2 heterocycles. The van der Waals surface area contributed by atoms with Crippen LogP contribution in [0.25, 0.3) is 0 Å². The van der Waals surface area contributed by atoms with Crippen LogP contribution in [0.15, 0.2) is 30.6 Å². The van der Waals surface area contributed by atoms with Crippen molar-refractivity contribution >= 4 is 0 Å². The first-order valence-electron chi connectivity index (χ1n) is 6.91. The van der Waals surface area contributed by atoms with Gasteiger partial charge in [-0.1, -0.05) is 13.0 Å². The Hall–Kier alpha value is -1.88. The topological polar surface area (TPSA) is 53.1 Å². The molecule has 0 saturated carbocycles. The Kier molecular flexibility index (Phi) is 3.44. The predicted molar refractivity (Wildman–Crippen MR) is 73.8 cm³/mol. The van der Waals surface area contributed by atoms with Crippen LogP contribution in [0.4, 0.5) is 4.39 Å². The lowest BCUT2D eigenvalue weighted by Gasteiger charge is -2.29. The lowest BCUT2D eigenvalue weighted by atomic mass is 9.95. The Labute approximate surface area is 117 Å². The number of aryl methyl sites for hydroxylation is 1. The van der Waals surface area contributed by atoms with Gasteiger partial charge in [-0.2, -0.15) is 5.10 Å². The molecule has 20 heavy (non-hydrogen) atoms. The number of hydrogen-bond donors (Lipinski definition) is 1. The minimum absolute atomic E-state index is 0.140. The Balaban J connectivity index is 1.86. The fraction of sp³-hybridized carbons (Fsp3) is 0.400. The molecular formula is C15H18FN3O. The normalized spacial score (nSPS) is 21.4. The van der Waals surface area contributed by atoms with E-state index in [2.05, 4.69) is 12.0 Å². The summed E-state index contributed by atoms with van der Waals surface area (Å²) in [6, 6.07) is 4.38. The van der Waals surface area contributed by atoms with Crippen molar-refractivity contribution < 1.29 is 9.13 Å². The van der Waals surface area contributed by atoms with E-state index in [1.807, 2.05) is 10.9 Å². The van der Waals surface area contributed by atoms with Crippen LogP contribution >= 0.6 is 0 Å². The maximum atomic E-state index is 13.3. The lowest BCUT2D eigenvalue weighted by molar-refractivity contribution is 0.160. The van der Waals surface area contributed by atoms with E-state index >= 15 is 0 Å². The van der Waals surface area contributed by atoms with Crippen molar-refractivity contribution in [2.45, 2.75) is 38.5 Å².